The van der Waals surface area contributed by atoms with Crippen LogP contribution in [0.4, 0.5) is 5.82 Å². The van der Waals surface area contributed by atoms with Crippen molar-refractivity contribution in [2.24, 2.45) is 0 Å². The van der Waals surface area contributed by atoms with Crippen molar-refractivity contribution in [1.29, 1.82) is 0 Å². The number of nitrogen functional groups attached to an aromatic ring is 1. The van der Waals surface area contributed by atoms with Gasteiger partial charge in [0.2, 0.25) is 0 Å². The predicted octanol–water partition coefficient (Wildman–Crippen LogP) is 4.04. The summed E-state index contributed by atoms with van der Waals surface area (Å²) in [6.45, 7) is 6.86. The van der Waals surface area contributed by atoms with Gasteiger partial charge in [0.15, 0.2) is 0 Å². The van der Waals surface area contributed by atoms with E-state index in [9.17, 15) is 0 Å². The highest BCUT2D eigenvalue weighted by Gasteiger charge is 2.24. The van der Waals surface area contributed by atoms with Crippen LogP contribution < -0.4 is 5.73 Å². The minimum atomic E-state index is 0.613. The van der Waals surface area contributed by atoms with Gasteiger partial charge >= 0.3 is 0 Å². The van der Waals surface area contributed by atoms with Crippen molar-refractivity contribution >= 4 is 5.82 Å². The molecule has 0 atom stereocenters. The van der Waals surface area contributed by atoms with Crippen LogP contribution in [0, 0.1) is 0 Å². The highest BCUT2D eigenvalue weighted by Crippen LogP contribution is 2.35. The monoisotopic (exact) mass is 261 g/mol. The van der Waals surface area contributed by atoms with E-state index >= 15 is 0 Å². The lowest BCUT2D eigenvalue weighted by Gasteiger charge is -2.11. The van der Waals surface area contributed by atoms with Crippen molar-refractivity contribution < 1.29 is 0 Å². The Kier molecular flexibility index (Phi) is 5.06. The van der Waals surface area contributed by atoms with Gasteiger partial charge in [0.25, 0.3) is 0 Å². The highest BCUT2D eigenvalue weighted by molar-refractivity contribution is 5.39. The van der Waals surface area contributed by atoms with Gasteiger partial charge in [0.05, 0.1) is 5.69 Å². The number of rotatable bonds is 7. The maximum atomic E-state index is 6.29. The molecule has 0 aromatic carbocycles. The zero-order valence-corrected chi connectivity index (χ0v) is 12.2. The van der Waals surface area contributed by atoms with E-state index in [-0.39, 0.29) is 0 Å². The van der Waals surface area contributed by atoms with Crippen molar-refractivity contribution in [3.8, 4) is 0 Å². The van der Waals surface area contributed by atoms with Crippen LogP contribution in [0.5, 0.6) is 0 Å². The molecule has 0 spiro atoms. The second-order valence-corrected chi connectivity index (χ2v) is 5.64. The van der Waals surface area contributed by atoms with Crippen molar-refractivity contribution in [1.82, 2.24) is 9.55 Å². The minimum Gasteiger partial charge on any atom is -0.384 e. The minimum absolute atomic E-state index is 0.613. The zero-order chi connectivity index (χ0) is 13.7. The number of unbranched alkanes of at least 4 members (excludes halogenated alkanes) is 2. The number of nitrogens with two attached hydrogens (primary N) is 1. The lowest BCUT2D eigenvalue weighted by Crippen LogP contribution is -2.08. The molecule has 1 fully saturated rings. The Labute approximate surface area is 116 Å². The van der Waals surface area contributed by atoms with Crippen LogP contribution in [0.2, 0.25) is 0 Å². The quantitative estimate of drug-likeness (QED) is 0.594. The van der Waals surface area contributed by atoms with Crippen LogP contribution in [0.25, 0.3) is 0 Å². The van der Waals surface area contributed by atoms with Gasteiger partial charge in [-0.25, -0.2) is 4.98 Å². The van der Waals surface area contributed by atoms with Crippen LogP contribution in [-0.4, -0.2) is 9.55 Å². The van der Waals surface area contributed by atoms with Gasteiger partial charge in [-0.15, -0.1) is 6.58 Å². The van der Waals surface area contributed by atoms with E-state index in [0.29, 0.717) is 5.92 Å². The number of aromatic nitrogens is 2. The van der Waals surface area contributed by atoms with Crippen molar-refractivity contribution in [2.45, 2.75) is 70.8 Å². The van der Waals surface area contributed by atoms with Crippen LogP contribution in [0.3, 0.4) is 0 Å². The molecule has 0 bridgehead atoms. The first-order chi connectivity index (χ1) is 9.27. The van der Waals surface area contributed by atoms with Crippen molar-refractivity contribution in [2.75, 3.05) is 5.73 Å². The smallest absolute Gasteiger partial charge is 0.127 e. The van der Waals surface area contributed by atoms with Crippen molar-refractivity contribution in [3.63, 3.8) is 0 Å². The molecule has 1 saturated carbocycles. The topological polar surface area (TPSA) is 43.8 Å². The van der Waals surface area contributed by atoms with Gasteiger partial charge < -0.3 is 10.3 Å². The first kappa shape index (κ1) is 14.2. The van der Waals surface area contributed by atoms with Crippen LogP contribution in [-0.2, 0) is 13.0 Å². The zero-order valence-electron chi connectivity index (χ0n) is 12.2. The standard InChI is InChI=1S/C16H27N3/c1-3-5-6-11-14-15(17)19(12-4-2)16(18-14)13-9-7-8-10-13/h4,13H,2-3,5-12,17H2,1H3. The lowest BCUT2D eigenvalue weighted by atomic mass is 10.1. The maximum absolute atomic E-state index is 6.29. The molecule has 1 aliphatic carbocycles. The Hall–Kier alpha value is -1.25. The molecule has 0 radical (unpaired) electrons. The Balaban J connectivity index is 2.19. The van der Waals surface area contributed by atoms with Crippen LogP contribution >= 0.6 is 0 Å². The van der Waals surface area contributed by atoms with Crippen LogP contribution in [0.15, 0.2) is 12.7 Å². The Bertz CT molecular complexity index is 414. The molecule has 1 aromatic rings. The summed E-state index contributed by atoms with van der Waals surface area (Å²) in [6, 6.07) is 0. The summed E-state index contributed by atoms with van der Waals surface area (Å²) in [4.78, 5) is 4.87. The molecule has 106 valence electrons. The Morgan fingerprint density at radius 2 is 2.11 bits per heavy atom. The second kappa shape index (κ2) is 6.78. The molecule has 1 aliphatic rings. The molecule has 0 aliphatic heterocycles. The van der Waals surface area contributed by atoms with E-state index in [2.05, 4.69) is 18.1 Å². The van der Waals surface area contributed by atoms with E-state index in [4.69, 9.17) is 10.7 Å². The molecular formula is C16H27N3. The average Bonchev–Trinajstić information content (AvgIpc) is 3.02. The fraction of sp³-hybridized carbons (Fsp3) is 0.688. The first-order valence-electron chi connectivity index (χ1n) is 7.73. The number of hydrogen-bond acceptors (Lipinski definition) is 2. The highest BCUT2D eigenvalue weighted by atomic mass is 15.1. The molecule has 2 rings (SSSR count). The predicted molar refractivity (Wildman–Crippen MR) is 81.3 cm³/mol. The SMILES string of the molecule is C=CCn1c(C2CCCC2)nc(CCCCC)c1N. The lowest BCUT2D eigenvalue weighted by molar-refractivity contribution is 0.617. The van der Waals surface area contributed by atoms with E-state index in [1.165, 1.54) is 50.8 Å². The summed E-state index contributed by atoms with van der Waals surface area (Å²) in [7, 11) is 0. The number of anilines is 1. The Morgan fingerprint density at radius 1 is 1.37 bits per heavy atom. The number of aryl methyl sites for hydroxylation is 1. The third-order valence-corrected chi connectivity index (χ3v) is 4.16. The normalized spacial score (nSPS) is 16.1. The average molecular weight is 261 g/mol. The first-order valence-corrected chi connectivity index (χ1v) is 7.73. The molecular weight excluding hydrogens is 234 g/mol. The summed E-state index contributed by atoms with van der Waals surface area (Å²) >= 11 is 0. The largest absolute Gasteiger partial charge is 0.384 e. The van der Waals surface area contributed by atoms with Crippen molar-refractivity contribution in [3.05, 3.63) is 24.2 Å². The van der Waals surface area contributed by atoms with E-state index in [1.807, 2.05) is 6.08 Å². The van der Waals surface area contributed by atoms with E-state index in [0.717, 1.165) is 24.5 Å². The van der Waals surface area contributed by atoms with Gasteiger partial charge in [-0.1, -0.05) is 38.7 Å². The summed E-state index contributed by atoms with van der Waals surface area (Å²) in [5.41, 5.74) is 7.40. The second-order valence-electron chi connectivity index (χ2n) is 5.64. The van der Waals surface area contributed by atoms with Gasteiger partial charge in [-0.2, -0.15) is 0 Å². The molecule has 3 heteroatoms. The summed E-state index contributed by atoms with van der Waals surface area (Å²) < 4.78 is 2.18. The van der Waals surface area contributed by atoms with Crippen LogP contribution in [0.1, 0.15) is 69.3 Å². The Morgan fingerprint density at radius 3 is 2.74 bits per heavy atom. The molecule has 0 unspecified atom stereocenters. The molecule has 3 nitrogen and oxygen atoms in total. The number of nitrogens with zero attached hydrogens (tertiary/aromatic N) is 2. The fourth-order valence-corrected chi connectivity index (χ4v) is 3.08. The van der Waals surface area contributed by atoms with Gasteiger partial charge in [0, 0.05) is 12.5 Å². The number of allylic oxidation sites excluding steroid dienone is 1. The third kappa shape index (κ3) is 3.20. The maximum Gasteiger partial charge on any atom is 0.127 e. The van der Waals surface area contributed by atoms with Gasteiger partial charge in [-0.05, 0) is 25.7 Å². The number of hydrogen-bond donors (Lipinski definition) is 1. The summed E-state index contributed by atoms with van der Waals surface area (Å²) in [5, 5.41) is 0. The number of imidazole rings is 1. The van der Waals surface area contributed by atoms with Gasteiger partial charge in [-0.3, -0.25) is 0 Å². The van der Waals surface area contributed by atoms with E-state index < -0.39 is 0 Å². The van der Waals surface area contributed by atoms with Gasteiger partial charge in [0.1, 0.15) is 11.6 Å². The summed E-state index contributed by atoms with van der Waals surface area (Å²) in [5.74, 6) is 2.70. The fourth-order valence-electron chi connectivity index (χ4n) is 3.08. The molecule has 0 amide bonds. The third-order valence-electron chi connectivity index (χ3n) is 4.16. The van der Waals surface area contributed by atoms with E-state index in [1.54, 1.807) is 0 Å². The molecule has 1 aromatic heterocycles. The molecule has 0 saturated heterocycles. The molecule has 2 N–H and O–H groups in total. The molecule has 19 heavy (non-hydrogen) atoms. The summed E-state index contributed by atoms with van der Waals surface area (Å²) in [6.07, 6.45) is 11.8. The molecule has 1 heterocycles.